The van der Waals surface area contributed by atoms with Crippen molar-refractivity contribution in [2.75, 3.05) is 11.8 Å². The number of methoxy groups -OCH3 is 1. The number of hydrogen-bond donors (Lipinski definition) is 1. The zero-order valence-corrected chi connectivity index (χ0v) is 13.4. The summed E-state index contributed by atoms with van der Waals surface area (Å²) >= 11 is 0. The van der Waals surface area contributed by atoms with Crippen LogP contribution in [0.3, 0.4) is 0 Å². The van der Waals surface area contributed by atoms with Crippen LogP contribution < -0.4 is 9.46 Å². The molecule has 9 heteroatoms. The highest BCUT2D eigenvalue weighted by Gasteiger charge is 2.26. The Labute approximate surface area is 138 Å². The van der Waals surface area contributed by atoms with Crippen LogP contribution in [0.15, 0.2) is 47.4 Å². The average Bonchev–Trinajstić information content (AvgIpc) is 2.56. The van der Waals surface area contributed by atoms with E-state index in [0.29, 0.717) is 0 Å². The van der Waals surface area contributed by atoms with Crippen molar-refractivity contribution in [1.82, 2.24) is 0 Å². The molecule has 0 spiro atoms. The quantitative estimate of drug-likeness (QED) is 0.632. The van der Waals surface area contributed by atoms with Crippen LogP contribution in [0.2, 0.25) is 0 Å². The van der Waals surface area contributed by atoms with Crippen molar-refractivity contribution in [2.24, 2.45) is 0 Å². The van der Waals surface area contributed by atoms with Crippen molar-refractivity contribution >= 4 is 21.4 Å². The van der Waals surface area contributed by atoms with Gasteiger partial charge in [0.15, 0.2) is 4.90 Å². The highest BCUT2D eigenvalue weighted by atomic mass is 32.2. The van der Waals surface area contributed by atoms with E-state index in [2.05, 4.69) is 4.72 Å². The number of hydrogen-bond acceptors (Lipinski definition) is 6. The lowest BCUT2D eigenvalue weighted by molar-refractivity contribution is -0.387. The molecule has 0 saturated heterocycles. The molecule has 8 nitrogen and oxygen atoms in total. The summed E-state index contributed by atoms with van der Waals surface area (Å²) in [5, 5.41) is 19.7. The molecule has 0 aliphatic heterocycles. The van der Waals surface area contributed by atoms with Crippen molar-refractivity contribution in [2.45, 2.75) is 11.3 Å². The van der Waals surface area contributed by atoms with Gasteiger partial charge in [-0.1, -0.05) is 12.1 Å². The molecule has 0 aliphatic carbocycles. The van der Waals surface area contributed by atoms with Crippen LogP contribution in [0.4, 0.5) is 11.4 Å². The largest absolute Gasteiger partial charge is 0.497 e. The minimum absolute atomic E-state index is 0.182. The Morgan fingerprint density at radius 2 is 1.92 bits per heavy atom. The van der Waals surface area contributed by atoms with Gasteiger partial charge in [0.05, 0.1) is 30.6 Å². The molecule has 0 heterocycles. The van der Waals surface area contributed by atoms with Gasteiger partial charge in [0.2, 0.25) is 0 Å². The van der Waals surface area contributed by atoms with Gasteiger partial charge in [0.25, 0.3) is 15.7 Å². The Balaban J connectivity index is 2.37. The summed E-state index contributed by atoms with van der Waals surface area (Å²) in [5.74, 6) is 0.182. The number of benzene rings is 2. The number of nitrogens with one attached hydrogen (secondary N) is 1. The molecule has 2 rings (SSSR count). The summed E-state index contributed by atoms with van der Waals surface area (Å²) in [6.45, 7) is 0. The van der Waals surface area contributed by atoms with E-state index in [1.165, 1.54) is 25.3 Å². The van der Waals surface area contributed by atoms with Gasteiger partial charge in [-0.2, -0.15) is 5.26 Å². The fourth-order valence-corrected chi connectivity index (χ4v) is 3.20. The van der Waals surface area contributed by atoms with Crippen LogP contribution in [-0.2, 0) is 16.4 Å². The Bertz CT molecular complexity index is 902. The van der Waals surface area contributed by atoms with E-state index in [-0.39, 0.29) is 17.9 Å². The molecule has 0 atom stereocenters. The van der Waals surface area contributed by atoms with E-state index in [1.807, 2.05) is 6.07 Å². The average molecular weight is 347 g/mol. The Morgan fingerprint density at radius 1 is 1.25 bits per heavy atom. The first-order valence-electron chi connectivity index (χ1n) is 6.68. The van der Waals surface area contributed by atoms with E-state index in [0.717, 1.165) is 17.7 Å². The third-order valence-corrected chi connectivity index (χ3v) is 4.57. The molecule has 0 aliphatic rings. The molecule has 0 bridgehead atoms. The van der Waals surface area contributed by atoms with Crippen LogP contribution in [0, 0.1) is 21.4 Å². The smallest absolute Gasteiger partial charge is 0.293 e. The predicted octanol–water partition coefficient (Wildman–Crippen LogP) is 2.47. The van der Waals surface area contributed by atoms with Gasteiger partial charge in [-0.05, 0) is 29.8 Å². The molecule has 124 valence electrons. The lowest BCUT2D eigenvalue weighted by atomic mass is 10.1. The Kier molecular flexibility index (Phi) is 5.01. The van der Waals surface area contributed by atoms with Gasteiger partial charge in [0.1, 0.15) is 5.75 Å². The molecule has 1 N–H and O–H groups in total. The van der Waals surface area contributed by atoms with Crippen LogP contribution in [0.25, 0.3) is 0 Å². The molecule has 0 unspecified atom stereocenters. The summed E-state index contributed by atoms with van der Waals surface area (Å²) in [6.07, 6.45) is 0.205. The van der Waals surface area contributed by atoms with Crippen LogP contribution in [-0.4, -0.2) is 20.5 Å². The fraction of sp³-hybridized carbons (Fsp3) is 0.133. The molecular weight excluding hydrogens is 334 g/mol. The second-order valence-corrected chi connectivity index (χ2v) is 6.38. The van der Waals surface area contributed by atoms with E-state index in [4.69, 9.17) is 10.00 Å². The first kappa shape index (κ1) is 17.2. The highest BCUT2D eigenvalue weighted by molar-refractivity contribution is 7.92. The summed E-state index contributed by atoms with van der Waals surface area (Å²) in [6, 6.07) is 11.6. The van der Waals surface area contributed by atoms with Gasteiger partial charge in [0, 0.05) is 5.69 Å². The van der Waals surface area contributed by atoms with E-state index in [1.54, 1.807) is 12.1 Å². The molecule has 2 aromatic rings. The van der Waals surface area contributed by atoms with Crippen molar-refractivity contribution in [3.05, 3.63) is 58.1 Å². The second-order valence-electron chi connectivity index (χ2n) is 4.73. The van der Waals surface area contributed by atoms with E-state index < -0.39 is 25.5 Å². The molecule has 0 aromatic heterocycles. The molecule has 0 amide bonds. The maximum atomic E-state index is 12.4. The summed E-state index contributed by atoms with van der Waals surface area (Å²) < 4.78 is 32.0. The first-order chi connectivity index (χ1) is 11.4. The first-order valence-corrected chi connectivity index (χ1v) is 8.17. The number of anilines is 1. The van der Waals surface area contributed by atoms with Crippen LogP contribution >= 0.6 is 0 Å². The summed E-state index contributed by atoms with van der Waals surface area (Å²) in [7, 11) is -2.82. The fourth-order valence-electron chi connectivity index (χ4n) is 1.99. The summed E-state index contributed by atoms with van der Waals surface area (Å²) in [5.41, 5.74) is 0.389. The summed E-state index contributed by atoms with van der Waals surface area (Å²) in [4.78, 5) is 9.88. The predicted molar refractivity (Wildman–Crippen MR) is 86.2 cm³/mol. The number of ether oxygens (including phenoxy) is 1. The van der Waals surface area contributed by atoms with Crippen molar-refractivity contribution in [3.8, 4) is 11.8 Å². The highest BCUT2D eigenvalue weighted by Crippen LogP contribution is 2.29. The number of nitrogens with zero attached hydrogens (tertiary/aromatic N) is 2. The van der Waals surface area contributed by atoms with Gasteiger partial charge < -0.3 is 4.74 Å². The third kappa shape index (κ3) is 3.80. The zero-order chi connectivity index (χ0) is 17.7. The maximum Gasteiger partial charge on any atom is 0.293 e. The van der Waals surface area contributed by atoms with Gasteiger partial charge in [-0.3, -0.25) is 14.8 Å². The number of sulfonamides is 1. The Morgan fingerprint density at radius 3 is 2.46 bits per heavy atom. The maximum absolute atomic E-state index is 12.4. The van der Waals surface area contributed by atoms with Crippen LogP contribution in [0.5, 0.6) is 5.75 Å². The van der Waals surface area contributed by atoms with Crippen LogP contribution in [0.1, 0.15) is 5.56 Å². The number of nitriles is 1. The normalized spacial score (nSPS) is 10.7. The second kappa shape index (κ2) is 6.97. The Hall–Kier alpha value is -3.12. The minimum Gasteiger partial charge on any atom is -0.497 e. The number of nitro benzene ring substituents is 1. The van der Waals surface area contributed by atoms with Gasteiger partial charge >= 0.3 is 0 Å². The molecule has 0 saturated carbocycles. The van der Waals surface area contributed by atoms with Crippen molar-refractivity contribution < 1.29 is 18.1 Å². The lowest BCUT2D eigenvalue weighted by Gasteiger charge is -2.09. The lowest BCUT2D eigenvalue weighted by Crippen LogP contribution is -2.14. The minimum atomic E-state index is -4.15. The molecule has 0 radical (unpaired) electrons. The van der Waals surface area contributed by atoms with E-state index in [9.17, 15) is 18.5 Å². The number of rotatable bonds is 6. The molecule has 24 heavy (non-hydrogen) atoms. The van der Waals surface area contributed by atoms with Gasteiger partial charge in [-0.15, -0.1) is 0 Å². The van der Waals surface area contributed by atoms with Crippen molar-refractivity contribution in [3.63, 3.8) is 0 Å². The monoisotopic (exact) mass is 347 g/mol. The topological polar surface area (TPSA) is 122 Å². The third-order valence-electron chi connectivity index (χ3n) is 3.14. The standard InChI is InChI=1S/C15H13N3O5S/c1-23-13-6-7-15(14(10-13)18(19)20)24(21,22)17-12-4-2-11(3-5-12)8-9-16/h2-7,10,17H,8H2,1H3. The van der Waals surface area contributed by atoms with E-state index >= 15 is 0 Å². The zero-order valence-electron chi connectivity index (χ0n) is 12.6. The van der Waals surface area contributed by atoms with Gasteiger partial charge in [-0.25, -0.2) is 8.42 Å². The molecule has 0 fully saturated rings. The SMILES string of the molecule is COc1ccc(S(=O)(=O)Nc2ccc(CC#N)cc2)c([N+](=O)[O-])c1. The molecule has 2 aromatic carbocycles. The number of nitro groups is 1. The van der Waals surface area contributed by atoms with Crippen molar-refractivity contribution in [1.29, 1.82) is 5.26 Å². The molecular formula is C15H13N3O5S.